The van der Waals surface area contributed by atoms with Crippen LogP contribution in [-0.4, -0.2) is 30.4 Å². The Balaban J connectivity index is 1.41. The van der Waals surface area contributed by atoms with Gasteiger partial charge >= 0.3 is 0 Å². The number of carbonyl (C=O) groups is 2. The summed E-state index contributed by atoms with van der Waals surface area (Å²) in [6, 6.07) is 8.45. The van der Waals surface area contributed by atoms with Crippen molar-refractivity contribution in [3.63, 3.8) is 0 Å². The van der Waals surface area contributed by atoms with Gasteiger partial charge in [0.1, 0.15) is 0 Å². The van der Waals surface area contributed by atoms with Crippen LogP contribution in [0.4, 0.5) is 5.69 Å². The highest BCUT2D eigenvalue weighted by Gasteiger charge is 2.42. The van der Waals surface area contributed by atoms with Crippen LogP contribution in [0.25, 0.3) is 0 Å². The van der Waals surface area contributed by atoms with E-state index in [9.17, 15) is 9.59 Å². The number of rotatable bonds is 3. The number of carbonyl (C=O) groups excluding carboxylic acids is 2. The highest BCUT2D eigenvalue weighted by molar-refractivity contribution is 6.00. The monoisotopic (exact) mass is 355 g/mol. The second-order valence-electron chi connectivity index (χ2n) is 8.46. The number of nitrogens with two attached hydrogens (primary N) is 1. The minimum absolute atomic E-state index is 0.0415. The molecule has 1 saturated heterocycles. The van der Waals surface area contributed by atoms with Gasteiger partial charge < -0.3 is 16.0 Å². The molecule has 3 unspecified atom stereocenters. The molecule has 0 aromatic heterocycles. The first-order valence-electron chi connectivity index (χ1n) is 9.94. The number of anilines is 1. The van der Waals surface area contributed by atoms with Gasteiger partial charge in [-0.2, -0.15) is 0 Å². The number of fused-ring (bicyclic) bond motifs is 2. The van der Waals surface area contributed by atoms with E-state index in [1.165, 1.54) is 6.42 Å². The lowest BCUT2D eigenvalue weighted by atomic mass is 9.67. The van der Waals surface area contributed by atoms with E-state index in [1.807, 2.05) is 31.2 Å². The number of nitrogens with zero attached hydrogens (tertiary/aromatic N) is 1. The van der Waals surface area contributed by atoms with Crippen LogP contribution >= 0.6 is 0 Å². The van der Waals surface area contributed by atoms with Gasteiger partial charge in [0.05, 0.1) is 5.92 Å². The first-order valence-corrected chi connectivity index (χ1v) is 9.94. The fraction of sp³-hybridized carbons (Fsp3) is 0.619. The molecule has 140 valence electrons. The predicted molar refractivity (Wildman–Crippen MR) is 102 cm³/mol. The summed E-state index contributed by atoms with van der Waals surface area (Å²) in [6.45, 7) is 2.51. The van der Waals surface area contributed by atoms with Crippen molar-refractivity contribution in [3.05, 3.63) is 29.8 Å². The van der Waals surface area contributed by atoms with E-state index in [0.717, 1.165) is 36.9 Å². The molecule has 1 aromatic carbocycles. The number of aryl methyl sites for hydroxylation is 1. The van der Waals surface area contributed by atoms with Crippen LogP contribution in [0.2, 0.25) is 0 Å². The third-order valence-electron chi connectivity index (χ3n) is 6.53. The average Bonchev–Trinajstić information content (AvgIpc) is 2.98. The van der Waals surface area contributed by atoms with Gasteiger partial charge in [-0.15, -0.1) is 0 Å². The van der Waals surface area contributed by atoms with Crippen molar-refractivity contribution in [2.75, 3.05) is 11.4 Å². The molecule has 3 atom stereocenters. The Hall–Kier alpha value is -1.88. The van der Waals surface area contributed by atoms with Crippen molar-refractivity contribution >= 4 is 17.5 Å². The first-order chi connectivity index (χ1) is 12.5. The van der Waals surface area contributed by atoms with E-state index in [2.05, 4.69) is 5.32 Å². The molecule has 3 fully saturated rings. The van der Waals surface area contributed by atoms with E-state index >= 15 is 0 Å². The third-order valence-corrected chi connectivity index (χ3v) is 6.53. The van der Waals surface area contributed by atoms with Crippen molar-refractivity contribution in [2.24, 2.45) is 23.5 Å². The van der Waals surface area contributed by atoms with Gasteiger partial charge in [-0.25, -0.2) is 0 Å². The Bertz CT molecular complexity index is 673. The van der Waals surface area contributed by atoms with Crippen LogP contribution in [0.3, 0.4) is 0 Å². The molecule has 2 aliphatic carbocycles. The maximum Gasteiger partial charge on any atom is 0.227 e. The van der Waals surface area contributed by atoms with Crippen molar-refractivity contribution in [1.29, 1.82) is 0 Å². The van der Waals surface area contributed by atoms with Crippen molar-refractivity contribution in [3.8, 4) is 0 Å². The topological polar surface area (TPSA) is 75.4 Å². The molecular formula is C21H29N3O2. The summed E-state index contributed by atoms with van der Waals surface area (Å²) in [5, 5.41) is 3.31. The first kappa shape index (κ1) is 17.5. The highest BCUT2D eigenvalue weighted by Crippen LogP contribution is 2.40. The van der Waals surface area contributed by atoms with E-state index in [0.29, 0.717) is 24.8 Å². The third kappa shape index (κ3) is 3.37. The van der Waals surface area contributed by atoms with Crippen LogP contribution in [0.5, 0.6) is 0 Å². The van der Waals surface area contributed by atoms with Gasteiger partial charge in [-0.3, -0.25) is 9.59 Å². The van der Waals surface area contributed by atoms with Crippen LogP contribution in [0.1, 0.15) is 44.1 Å². The van der Waals surface area contributed by atoms with E-state index in [1.54, 1.807) is 4.90 Å². The van der Waals surface area contributed by atoms with Gasteiger partial charge in [0.15, 0.2) is 0 Å². The van der Waals surface area contributed by atoms with Crippen LogP contribution < -0.4 is 16.0 Å². The Morgan fingerprint density at radius 1 is 1.15 bits per heavy atom. The second-order valence-corrected chi connectivity index (χ2v) is 8.46. The standard InChI is InChI=1S/C21H29N3O2/c1-13-5-7-18(8-6-13)24-12-16(11-19(24)25)21(26)23-20-14-3-2-4-15(20)10-17(22)9-14/h5-8,14-17,20H,2-4,9-12,22H2,1H3,(H,23,26). The normalized spacial score (nSPS) is 34.0. The lowest BCUT2D eigenvalue weighted by molar-refractivity contribution is -0.128. The second kappa shape index (κ2) is 7.03. The van der Waals surface area contributed by atoms with E-state index in [-0.39, 0.29) is 29.8 Å². The fourth-order valence-corrected chi connectivity index (χ4v) is 5.16. The van der Waals surface area contributed by atoms with Gasteiger partial charge in [0.25, 0.3) is 0 Å². The minimum atomic E-state index is -0.250. The van der Waals surface area contributed by atoms with Crippen molar-refractivity contribution in [2.45, 2.75) is 57.5 Å². The summed E-state index contributed by atoms with van der Waals surface area (Å²) < 4.78 is 0. The summed E-state index contributed by atoms with van der Waals surface area (Å²) in [5.74, 6) is 0.851. The molecule has 1 aliphatic heterocycles. The zero-order valence-electron chi connectivity index (χ0n) is 15.5. The molecule has 0 radical (unpaired) electrons. The summed E-state index contributed by atoms with van der Waals surface area (Å²) in [7, 11) is 0. The van der Waals surface area contributed by atoms with E-state index in [4.69, 9.17) is 5.73 Å². The minimum Gasteiger partial charge on any atom is -0.353 e. The zero-order chi connectivity index (χ0) is 18.3. The molecule has 5 heteroatoms. The molecule has 2 saturated carbocycles. The van der Waals surface area contributed by atoms with E-state index < -0.39 is 0 Å². The quantitative estimate of drug-likeness (QED) is 0.874. The van der Waals surface area contributed by atoms with Gasteiger partial charge in [0, 0.05) is 30.7 Å². The Labute approximate surface area is 155 Å². The molecule has 2 bridgehead atoms. The molecule has 26 heavy (non-hydrogen) atoms. The summed E-state index contributed by atoms with van der Waals surface area (Å²) in [4.78, 5) is 27.1. The molecule has 1 heterocycles. The van der Waals surface area contributed by atoms with Crippen LogP contribution in [-0.2, 0) is 9.59 Å². The summed E-state index contributed by atoms with van der Waals surface area (Å²) in [5.41, 5.74) is 8.24. The summed E-state index contributed by atoms with van der Waals surface area (Å²) >= 11 is 0. The highest BCUT2D eigenvalue weighted by atomic mass is 16.2. The number of nitrogens with one attached hydrogen (secondary N) is 1. The molecule has 3 N–H and O–H groups in total. The fourth-order valence-electron chi connectivity index (χ4n) is 5.16. The molecule has 0 spiro atoms. The SMILES string of the molecule is Cc1ccc(N2CC(C(=O)NC3C4CCCC3CC(N)C4)CC2=O)cc1. The largest absolute Gasteiger partial charge is 0.353 e. The summed E-state index contributed by atoms with van der Waals surface area (Å²) in [6.07, 6.45) is 5.91. The van der Waals surface area contributed by atoms with Gasteiger partial charge in [-0.1, -0.05) is 24.1 Å². The molecule has 4 rings (SSSR count). The molecular weight excluding hydrogens is 326 g/mol. The number of amides is 2. The zero-order valence-corrected chi connectivity index (χ0v) is 15.5. The Kier molecular flexibility index (Phi) is 4.74. The maximum absolute atomic E-state index is 12.9. The molecule has 1 aromatic rings. The predicted octanol–water partition coefficient (Wildman–Crippen LogP) is 2.37. The van der Waals surface area contributed by atoms with Gasteiger partial charge in [0.2, 0.25) is 11.8 Å². The molecule has 3 aliphatic rings. The average molecular weight is 355 g/mol. The van der Waals surface area contributed by atoms with Crippen molar-refractivity contribution in [1.82, 2.24) is 5.32 Å². The Morgan fingerprint density at radius 2 is 1.81 bits per heavy atom. The lowest BCUT2D eigenvalue weighted by Crippen LogP contribution is -2.54. The smallest absolute Gasteiger partial charge is 0.227 e. The van der Waals surface area contributed by atoms with Crippen LogP contribution in [0, 0.1) is 24.7 Å². The number of hydrogen-bond acceptors (Lipinski definition) is 3. The maximum atomic E-state index is 12.9. The molecule has 5 nitrogen and oxygen atoms in total. The number of hydrogen-bond donors (Lipinski definition) is 2. The van der Waals surface area contributed by atoms with Gasteiger partial charge in [-0.05, 0) is 56.6 Å². The Morgan fingerprint density at radius 3 is 2.46 bits per heavy atom. The number of benzene rings is 1. The lowest BCUT2D eigenvalue weighted by Gasteiger charge is -2.45. The molecule has 2 amide bonds. The van der Waals surface area contributed by atoms with Crippen molar-refractivity contribution < 1.29 is 9.59 Å². The van der Waals surface area contributed by atoms with Crippen LogP contribution in [0.15, 0.2) is 24.3 Å².